The molecule has 0 aliphatic carbocycles. The van der Waals surface area contributed by atoms with Gasteiger partial charge in [-0.25, -0.2) is 4.98 Å². The van der Waals surface area contributed by atoms with E-state index < -0.39 is 8.07 Å². The van der Waals surface area contributed by atoms with Gasteiger partial charge in [0.2, 0.25) is 0 Å². The van der Waals surface area contributed by atoms with E-state index >= 15 is 0 Å². The van der Waals surface area contributed by atoms with E-state index in [0.717, 1.165) is 22.6 Å². The first kappa shape index (κ1) is 20.3. The van der Waals surface area contributed by atoms with Crippen LogP contribution < -0.4 is 4.74 Å². The van der Waals surface area contributed by atoms with E-state index in [9.17, 15) is 0 Å². The molecule has 0 saturated heterocycles. The first-order valence-corrected chi connectivity index (χ1v) is 11.7. The molecule has 2 nitrogen and oxygen atoms in total. The van der Waals surface area contributed by atoms with Crippen molar-refractivity contribution in [2.24, 2.45) is 0 Å². The van der Waals surface area contributed by atoms with Crippen molar-refractivity contribution in [3.05, 3.63) is 48.3 Å². The summed E-state index contributed by atoms with van der Waals surface area (Å²) in [5.74, 6) is 4.27. The molecule has 0 fully saturated rings. The van der Waals surface area contributed by atoms with Crippen LogP contribution in [0.15, 0.2) is 42.6 Å². The van der Waals surface area contributed by atoms with E-state index in [1.54, 1.807) is 7.11 Å². The Labute approximate surface area is 160 Å². The van der Waals surface area contributed by atoms with Crippen molar-refractivity contribution in [3.8, 4) is 28.3 Å². The number of benzene rings is 1. The Morgan fingerprint density at radius 1 is 0.808 bits per heavy atom. The summed E-state index contributed by atoms with van der Waals surface area (Å²) in [7, 11) is -0.0340. The Morgan fingerprint density at radius 2 is 1.35 bits per heavy atom. The third-order valence-electron chi connectivity index (χ3n) is 5.46. The van der Waals surface area contributed by atoms with Gasteiger partial charge in [-0.15, -0.1) is 5.54 Å². The lowest BCUT2D eigenvalue weighted by Crippen LogP contribution is -2.43. The van der Waals surface area contributed by atoms with Crippen LogP contribution in [0, 0.1) is 11.5 Å². The maximum atomic E-state index is 5.22. The Kier molecular flexibility index (Phi) is 6.67. The van der Waals surface area contributed by atoms with Crippen LogP contribution in [-0.2, 0) is 0 Å². The van der Waals surface area contributed by atoms with Crippen LogP contribution in [-0.4, -0.2) is 20.2 Å². The molecule has 0 unspecified atom stereocenters. The summed E-state index contributed by atoms with van der Waals surface area (Å²) in [5, 5.41) is 0. The molecular weight excluding hydrogens is 334 g/mol. The molecule has 0 amide bonds. The van der Waals surface area contributed by atoms with Crippen molar-refractivity contribution in [2.75, 3.05) is 7.11 Å². The van der Waals surface area contributed by atoms with Gasteiger partial charge in [0.15, 0.2) is 0 Å². The van der Waals surface area contributed by atoms with Gasteiger partial charge in [-0.05, 0) is 40.4 Å². The second kappa shape index (κ2) is 8.55. The lowest BCUT2D eigenvalue weighted by Gasteiger charge is -2.38. The zero-order valence-corrected chi connectivity index (χ0v) is 18.1. The Hall–Kier alpha value is -2.05. The number of methoxy groups -OCH3 is 1. The molecule has 0 saturated carbocycles. The summed E-state index contributed by atoms with van der Waals surface area (Å²) < 4.78 is 5.22. The van der Waals surface area contributed by atoms with Crippen LogP contribution >= 0.6 is 0 Å². The first-order chi connectivity index (χ1) is 12.3. The summed E-state index contributed by atoms with van der Waals surface area (Å²) in [6.07, 6.45) is 1.91. The van der Waals surface area contributed by atoms with Crippen molar-refractivity contribution in [1.29, 1.82) is 0 Å². The molecule has 0 aliphatic heterocycles. The maximum Gasteiger partial charge on any atom is 0.146 e. The summed E-state index contributed by atoms with van der Waals surface area (Å²) in [6.45, 7) is 14.0. The standard InChI is InChI=1S/C23H31NOSi/c1-17(2)26(18(3)4,19(5)6)15-14-22-11-8-21(16-24-22)20-9-12-23(25-7)13-10-20/h8-13,16-19H,1-7H3. The summed E-state index contributed by atoms with van der Waals surface area (Å²) >= 11 is 0. The largest absolute Gasteiger partial charge is 0.497 e. The van der Waals surface area contributed by atoms with E-state index in [0.29, 0.717) is 16.6 Å². The number of nitrogens with zero attached hydrogens (tertiary/aromatic N) is 1. The minimum Gasteiger partial charge on any atom is -0.497 e. The van der Waals surface area contributed by atoms with Gasteiger partial charge >= 0.3 is 0 Å². The SMILES string of the molecule is COc1ccc(-c2ccc(C#C[Si](C(C)C)(C(C)C)C(C)C)nc2)cc1. The third kappa shape index (κ3) is 4.19. The van der Waals surface area contributed by atoms with Crippen LogP contribution in [0.3, 0.4) is 0 Å². The van der Waals surface area contributed by atoms with Gasteiger partial charge in [0, 0.05) is 11.8 Å². The summed E-state index contributed by atoms with van der Waals surface area (Å²) in [4.78, 5) is 4.60. The minimum atomic E-state index is -1.71. The average molecular weight is 366 g/mol. The molecule has 0 bridgehead atoms. The van der Waals surface area contributed by atoms with Gasteiger partial charge in [-0.1, -0.05) is 65.7 Å². The zero-order chi connectivity index (χ0) is 19.3. The number of aromatic nitrogens is 1. The Bertz CT molecular complexity index is 743. The molecule has 2 rings (SSSR count). The molecule has 1 heterocycles. The second-order valence-electron chi connectivity index (χ2n) is 7.81. The van der Waals surface area contributed by atoms with Gasteiger partial charge in [0.25, 0.3) is 0 Å². The smallest absolute Gasteiger partial charge is 0.146 e. The fourth-order valence-electron chi connectivity index (χ4n) is 4.03. The number of rotatable bonds is 5. The molecule has 1 aromatic carbocycles. The van der Waals surface area contributed by atoms with E-state index in [2.05, 4.69) is 76.2 Å². The minimum absolute atomic E-state index is 0.633. The monoisotopic (exact) mass is 365 g/mol. The highest BCUT2D eigenvalue weighted by molar-refractivity contribution is 6.90. The molecule has 0 atom stereocenters. The number of pyridine rings is 1. The van der Waals surface area contributed by atoms with Gasteiger partial charge in [-0.2, -0.15) is 0 Å². The van der Waals surface area contributed by atoms with Gasteiger partial charge in [-0.3, -0.25) is 0 Å². The topological polar surface area (TPSA) is 22.1 Å². The van der Waals surface area contributed by atoms with Crippen molar-refractivity contribution in [2.45, 2.75) is 58.2 Å². The molecule has 0 N–H and O–H groups in total. The van der Waals surface area contributed by atoms with Crippen LogP contribution in [0.1, 0.15) is 47.2 Å². The van der Waals surface area contributed by atoms with E-state index in [4.69, 9.17) is 4.74 Å². The van der Waals surface area contributed by atoms with Crippen molar-refractivity contribution >= 4 is 8.07 Å². The quantitative estimate of drug-likeness (QED) is 0.456. The maximum absolute atomic E-state index is 5.22. The highest BCUT2D eigenvalue weighted by Crippen LogP contribution is 2.40. The number of ether oxygens (including phenoxy) is 1. The molecule has 0 radical (unpaired) electrons. The van der Waals surface area contributed by atoms with Crippen molar-refractivity contribution in [3.63, 3.8) is 0 Å². The highest BCUT2D eigenvalue weighted by Gasteiger charge is 2.41. The molecule has 26 heavy (non-hydrogen) atoms. The molecule has 1 aromatic heterocycles. The molecule has 3 heteroatoms. The fourth-order valence-corrected chi connectivity index (χ4v) is 9.24. The fraction of sp³-hybridized carbons (Fsp3) is 0.435. The Balaban J connectivity index is 2.30. The molecule has 138 valence electrons. The predicted molar refractivity (Wildman–Crippen MR) is 114 cm³/mol. The molecular formula is C23H31NOSi. The van der Waals surface area contributed by atoms with Crippen LogP contribution in [0.2, 0.25) is 16.6 Å². The van der Waals surface area contributed by atoms with Gasteiger partial charge in [0.1, 0.15) is 19.5 Å². The highest BCUT2D eigenvalue weighted by atomic mass is 28.3. The summed E-state index contributed by atoms with van der Waals surface area (Å²) in [5.41, 5.74) is 8.72. The second-order valence-corrected chi connectivity index (χ2v) is 13.4. The lowest BCUT2D eigenvalue weighted by molar-refractivity contribution is 0.415. The average Bonchev–Trinajstić information content (AvgIpc) is 2.62. The molecule has 0 spiro atoms. The molecule has 0 aliphatic rings. The van der Waals surface area contributed by atoms with Crippen LogP contribution in [0.5, 0.6) is 5.75 Å². The third-order valence-corrected chi connectivity index (χ3v) is 11.7. The van der Waals surface area contributed by atoms with Crippen LogP contribution in [0.25, 0.3) is 11.1 Å². The summed E-state index contributed by atoms with van der Waals surface area (Å²) in [6, 6.07) is 12.2. The van der Waals surface area contributed by atoms with Gasteiger partial charge in [0.05, 0.1) is 7.11 Å². The lowest BCUT2D eigenvalue weighted by atomic mass is 10.1. The number of hydrogen-bond donors (Lipinski definition) is 0. The number of hydrogen-bond acceptors (Lipinski definition) is 2. The first-order valence-electron chi connectivity index (χ1n) is 9.45. The van der Waals surface area contributed by atoms with E-state index in [-0.39, 0.29) is 0 Å². The Morgan fingerprint density at radius 3 is 1.77 bits per heavy atom. The molecule has 2 aromatic rings. The van der Waals surface area contributed by atoms with E-state index in [1.165, 1.54) is 0 Å². The van der Waals surface area contributed by atoms with Crippen LogP contribution in [0.4, 0.5) is 0 Å². The zero-order valence-electron chi connectivity index (χ0n) is 17.1. The normalized spacial score (nSPS) is 11.6. The van der Waals surface area contributed by atoms with Crippen molar-refractivity contribution < 1.29 is 4.74 Å². The van der Waals surface area contributed by atoms with Crippen molar-refractivity contribution in [1.82, 2.24) is 4.98 Å². The van der Waals surface area contributed by atoms with Gasteiger partial charge < -0.3 is 4.74 Å². The predicted octanol–water partition coefficient (Wildman–Crippen LogP) is 6.33. The van der Waals surface area contributed by atoms with E-state index in [1.807, 2.05) is 24.4 Å².